The van der Waals surface area contributed by atoms with Gasteiger partial charge >= 0.3 is 6.03 Å². The quantitative estimate of drug-likeness (QED) is 0.874. The van der Waals surface area contributed by atoms with Gasteiger partial charge < -0.3 is 20.1 Å². The van der Waals surface area contributed by atoms with Crippen LogP contribution in [-0.4, -0.2) is 36.1 Å². The highest BCUT2D eigenvalue weighted by Crippen LogP contribution is 2.34. The van der Waals surface area contributed by atoms with E-state index in [0.29, 0.717) is 12.8 Å². The summed E-state index contributed by atoms with van der Waals surface area (Å²) in [5.41, 5.74) is 2.33. The van der Waals surface area contributed by atoms with Crippen molar-refractivity contribution in [2.45, 2.75) is 56.8 Å². The van der Waals surface area contributed by atoms with Crippen molar-refractivity contribution in [1.29, 1.82) is 0 Å². The fourth-order valence-electron chi connectivity index (χ4n) is 4.05. The van der Waals surface area contributed by atoms with E-state index in [1.165, 1.54) is 0 Å². The maximum absolute atomic E-state index is 12.5. The van der Waals surface area contributed by atoms with E-state index in [9.17, 15) is 4.79 Å². The molecule has 2 amide bonds. The van der Waals surface area contributed by atoms with Crippen LogP contribution in [0.2, 0.25) is 0 Å². The molecule has 5 heteroatoms. The van der Waals surface area contributed by atoms with Crippen LogP contribution in [-0.2, 0) is 22.3 Å². The first-order valence-electron chi connectivity index (χ1n) is 9.51. The molecule has 0 radical (unpaired) electrons. The van der Waals surface area contributed by atoms with Crippen molar-refractivity contribution in [2.75, 3.05) is 0 Å². The van der Waals surface area contributed by atoms with Crippen LogP contribution in [0.25, 0.3) is 0 Å². The van der Waals surface area contributed by atoms with E-state index in [-0.39, 0.29) is 30.3 Å². The van der Waals surface area contributed by atoms with E-state index in [2.05, 4.69) is 34.9 Å². The normalized spacial score (nSPS) is 29.3. The Hall–Kier alpha value is -2.37. The molecule has 4 atom stereocenters. The van der Waals surface area contributed by atoms with Crippen molar-refractivity contribution < 1.29 is 14.3 Å². The van der Waals surface area contributed by atoms with Gasteiger partial charge in [-0.2, -0.15) is 0 Å². The van der Waals surface area contributed by atoms with Gasteiger partial charge in [0.2, 0.25) is 0 Å². The second-order valence-electron chi connectivity index (χ2n) is 7.77. The van der Waals surface area contributed by atoms with Gasteiger partial charge in [0.15, 0.2) is 5.79 Å². The van der Waals surface area contributed by atoms with E-state index in [1.807, 2.05) is 50.2 Å². The van der Waals surface area contributed by atoms with Crippen LogP contribution in [0.5, 0.6) is 0 Å². The highest BCUT2D eigenvalue weighted by Gasteiger charge is 2.50. The third-order valence-electron chi connectivity index (χ3n) is 5.19. The average molecular weight is 366 g/mol. The molecule has 4 rings (SSSR count). The molecule has 0 bridgehead atoms. The molecule has 2 aromatic rings. The predicted octanol–water partition coefficient (Wildman–Crippen LogP) is 3.04. The molecule has 0 spiro atoms. The zero-order valence-corrected chi connectivity index (χ0v) is 15.7. The van der Waals surface area contributed by atoms with Gasteiger partial charge in [-0.3, -0.25) is 0 Å². The molecule has 2 aliphatic rings. The standard InChI is InChI=1S/C22H26N2O3/c1-22(2)26-19-17(13-15-9-5-3-6-10-15)23-21(25)24-18(20(19)27-22)14-16-11-7-4-8-12-16/h3-12,17-20H,13-14H2,1-2H3,(H2,23,24,25)/t17-,18-,19+,20+/m1/s1. The van der Waals surface area contributed by atoms with E-state index in [1.54, 1.807) is 0 Å². The lowest BCUT2D eigenvalue weighted by Gasteiger charge is -2.26. The molecule has 2 N–H and O–H groups in total. The molecule has 0 unspecified atom stereocenters. The third-order valence-corrected chi connectivity index (χ3v) is 5.19. The van der Waals surface area contributed by atoms with E-state index in [4.69, 9.17) is 9.47 Å². The van der Waals surface area contributed by atoms with Crippen molar-refractivity contribution in [3.63, 3.8) is 0 Å². The maximum Gasteiger partial charge on any atom is 0.315 e. The number of rotatable bonds is 4. The molecule has 2 fully saturated rings. The fraction of sp³-hybridized carbons (Fsp3) is 0.409. The van der Waals surface area contributed by atoms with Crippen LogP contribution < -0.4 is 10.6 Å². The minimum absolute atomic E-state index is 0.153. The lowest BCUT2D eigenvalue weighted by Crippen LogP contribution is -2.47. The Morgan fingerprint density at radius 2 is 1.19 bits per heavy atom. The zero-order valence-electron chi connectivity index (χ0n) is 15.7. The van der Waals surface area contributed by atoms with Gasteiger partial charge in [-0.1, -0.05) is 60.7 Å². The Balaban J connectivity index is 1.60. The maximum atomic E-state index is 12.5. The van der Waals surface area contributed by atoms with Gasteiger partial charge in [0.05, 0.1) is 12.1 Å². The zero-order chi connectivity index (χ0) is 18.9. The van der Waals surface area contributed by atoms with Crippen LogP contribution in [0.3, 0.4) is 0 Å². The van der Waals surface area contributed by atoms with Gasteiger partial charge in [0.25, 0.3) is 0 Å². The van der Waals surface area contributed by atoms with Crippen LogP contribution >= 0.6 is 0 Å². The topological polar surface area (TPSA) is 59.6 Å². The summed E-state index contributed by atoms with van der Waals surface area (Å²) in [4.78, 5) is 12.5. The first kappa shape index (κ1) is 18.0. The number of hydrogen-bond donors (Lipinski definition) is 2. The summed E-state index contributed by atoms with van der Waals surface area (Å²) in [6, 6.07) is 19.8. The smallest absolute Gasteiger partial charge is 0.315 e. The van der Waals surface area contributed by atoms with Gasteiger partial charge in [0.1, 0.15) is 12.2 Å². The molecular weight excluding hydrogens is 340 g/mol. The number of amides is 2. The summed E-state index contributed by atoms with van der Waals surface area (Å²) in [6.07, 6.45) is 0.973. The Kier molecular flexibility index (Phi) is 4.89. The highest BCUT2D eigenvalue weighted by molar-refractivity contribution is 5.75. The number of fused-ring (bicyclic) bond motifs is 1. The van der Waals surface area contributed by atoms with Crippen LogP contribution in [0.4, 0.5) is 4.79 Å². The molecule has 142 valence electrons. The third kappa shape index (κ3) is 4.15. The number of hydrogen-bond acceptors (Lipinski definition) is 3. The molecule has 27 heavy (non-hydrogen) atoms. The second kappa shape index (κ2) is 7.33. The first-order valence-corrected chi connectivity index (χ1v) is 9.51. The fourth-order valence-corrected chi connectivity index (χ4v) is 4.05. The summed E-state index contributed by atoms with van der Waals surface area (Å²) < 4.78 is 12.5. The summed E-state index contributed by atoms with van der Waals surface area (Å²) >= 11 is 0. The Morgan fingerprint density at radius 1 is 0.778 bits per heavy atom. The van der Waals surface area contributed by atoms with Crippen LogP contribution in [0, 0.1) is 0 Å². The number of carbonyl (C=O) groups excluding carboxylic acids is 1. The number of nitrogens with one attached hydrogen (secondary N) is 2. The predicted molar refractivity (Wildman–Crippen MR) is 103 cm³/mol. The monoisotopic (exact) mass is 366 g/mol. The average Bonchev–Trinajstić information content (AvgIpc) is 2.93. The molecular formula is C22H26N2O3. The van der Waals surface area contributed by atoms with Gasteiger partial charge in [0, 0.05) is 0 Å². The Morgan fingerprint density at radius 3 is 1.59 bits per heavy atom. The largest absolute Gasteiger partial charge is 0.342 e. The SMILES string of the molecule is CC1(C)O[C@@H]2[C@@H](O1)[C@@H](Cc1ccccc1)NC(=O)N[C@@H]2Cc1ccccc1. The highest BCUT2D eigenvalue weighted by atomic mass is 16.8. The second-order valence-corrected chi connectivity index (χ2v) is 7.77. The minimum atomic E-state index is -0.678. The summed E-state index contributed by atoms with van der Waals surface area (Å²) in [5, 5.41) is 6.19. The molecule has 2 saturated heterocycles. The number of benzene rings is 2. The van der Waals surface area contributed by atoms with Gasteiger partial charge in [-0.15, -0.1) is 0 Å². The Labute approximate surface area is 160 Å². The summed E-state index contributed by atoms with van der Waals surface area (Å²) in [5.74, 6) is -0.678. The van der Waals surface area contributed by atoms with E-state index in [0.717, 1.165) is 11.1 Å². The van der Waals surface area contributed by atoms with Crippen molar-refractivity contribution in [1.82, 2.24) is 10.6 Å². The molecule has 0 aliphatic carbocycles. The van der Waals surface area contributed by atoms with Crippen molar-refractivity contribution in [2.24, 2.45) is 0 Å². The lowest BCUT2D eigenvalue weighted by molar-refractivity contribution is -0.150. The van der Waals surface area contributed by atoms with Gasteiger partial charge in [-0.05, 0) is 37.8 Å². The lowest BCUT2D eigenvalue weighted by atomic mass is 9.92. The van der Waals surface area contributed by atoms with Crippen molar-refractivity contribution in [3.8, 4) is 0 Å². The van der Waals surface area contributed by atoms with E-state index >= 15 is 0 Å². The summed E-state index contributed by atoms with van der Waals surface area (Å²) in [6.45, 7) is 3.87. The molecule has 2 aliphatic heterocycles. The molecule has 2 heterocycles. The van der Waals surface area contributed by atoms with Crippen LogP contribution in [0.15, 0.2) is 60.7 Å². The number of urea groups is 1. The molecule has 5 nitrogen and oxygen atoms in total. The van der Waals surface area contributed by atoms with Crippen molar-refractivity contribution >= 4 is 6.03 Å². The Bertz CT molecular complexity index is 715. The van der Waals surface area contributed by atoms with E-state index < -0.39 is 5.79 Å². The van der Waals surface area contributed by atoms with Crippen LogP contribution in [0.1, 0.15) is 25.0 Å². The minimum Gasteiger partial charge on any atom is -0.342 e. The molecule has 0 saturated carbocycles. The number of carbonyl (C=O) groups is 1. The summed E-state index contributed by atoms with van der Waals surface area (Å²) in [7, 11) is 0. The molecule has 2 aromatic carbocycles. The van der Waals surface area contributed by atoms with Crippen molar-refractivity contribution in [3.05, 3.63) is 71.8 Å². The number of ether oxygens (including phenoxy) is 2. The first-order chi connectivity index (χ1) is 13.0. The molecule has 0 aromatic heterocycles. The van der Waals surface area contributed by atoms with Gasteiger partial charge in [-0.25, -0.2) is 4.79 Å².